The van der Waals surface area contributed by atoms with E-state index < -0.39 is 7.14 Å². The highest BCUT2D eigenvalue weighted by molar-refractivity contribution is 7.62. The highest BCUT2D eigenvalue weighted by Crippen LogP contribution is 2.38. The molecule has 222 valence electrons. The van der Waals surface area contributed by atoms with Crippen molar-refractivity contribution in [3.05, 3.63) is 90.3 Å². The van der Waals surface area contributed by atoms with Gasteiger partial charge in [0.2, 0.25) is 0 Å². The molecule has 1 heterocycles. The smallest absolute Gasteiger partial charge is 0.140 e. The zero-order valence-corrected chi connectivity index (χ0v) is 25.5. The third-order valence-electron chi connectivity index (χ3n) is 6.52. The summed E-state index contributed by atoms with van der Waals surface area (Å²) in [5.41, 5.74) is 12.5. The molecule has 42 heavy (non-hydrogen) atoms. The molecule has 0 unspecified atom stereocenters. The Morgan fingerprint density at radius 2 is 1.55 bits per heavy atom. The summed E-state index contributed by atoms with van der Waals surface area (Å²) in [6, 6.07) is 21.3. The van der Waals surface area contributed by atoms with Gasteiger partial charge in [-0.25, -0.2) is 0 Å². The van der Waals surface area contributed by atoms with Gasteiger partial charge in [0.05, 0.1) is 37.0 Å². The predicted molar refractivity (Wildman–Crippen MR) is 173 cm³/mol. The van der Waals surface area contributed by atoms with Gasteiger partial charge in [-0.3, -0.25) is 4.98 Å². The molecular weight excluding hydrogens is 549 g/mol. The van der Waals surface area contributed by atoms with E-state index in [2.05, 4.69) is 27.0 Å². The van der Waals surface area contributed by atoms with Gasteiger partial charge in [0.1, 0.15) is 30.7 Å². The molecule has 0 aliphatic rings. The van der Waals surface area contributed by atoms with E-state index in [1.807, 2.05) is 66.9 Å². The Morgan fingerprint density at radius 1 is 0.833 bits per heavy atom. The number of hydrogen-bond donors (Lipinski definition) is 4. The normalized spacial score (nSPS) is 11.0. The molecule has 0 saturated heterocycles. The summed E-state index contributed by atoms with van der Waals surface area (Å²) in [4.78, 5) is 4.21. The number of nitrogens with two attached hydrogens (primary N) is 1. The van der Waals surface area contributed by atoms with E-state index in [4.69, 9.17) is 19.9 Å². The number of anilines is 5. The van der Waals surface area contributed by atoms with Crippen LogP contribution in [0.15, 0.2) is 79.1 Å². The molecule has 4 aromatic rings. The summed E-state index contributed by atoms with van der Waals surface area (Å²) >= 11 is 0. The van der Waals surface area contributed by atoms with Crippen molar-refractivity contribution in [2.75, 3.05) is 62.1 Å². The first kappa shape index (κ1) is 30.6. The Labute approximate surface area is 248 Å². The van der Waals surface area contributed by atoms with E-state index in [9.17, 15) is 4.57 Å². The minimum absolute atomic E-state index is 0.175. The van der Waals surface area contributed by atoms with Crippen LogP contribution in [0.1, 0.15) is 17.5 Å². The molecule has 0 aliphatic heterocycles. The first-order valence-corrected chi connectivity index (χ1v) is 16.6. The lowest BCUT2D eigenvalue weighted by Crippen LogP contribution is -2.07. The van der Waals surface area contributed by atoms with E-state index in [1.165, 1.54) is 0 Å². The third-order valence-corrected chi connectivity index (χ3v) is 7.27. The van der Waals surface area contributed by atoms with E-state index in [-0.39, 0.29) is 6.35 Å². The molecule has 0 radical (unpaired) electrons. The maximum atomic E-state index is 12.3. The van der Waals surface area contributed by atoms with Crippen molar-refractivity contribution in [1.29, 1.82) is 0 Å². The van der Waals surface area contributed by atoms with Crippen molar-refractivity contribution in [3.63, 3.8) is 0 Å². The van der Waals surface area contributed by atoms with E-state index >= 15 is 0 Å². The number of nitrogen functional groups attached to an aromatic ring is 1. The van der Waals surface area contributed by atoms with Crippen LogP contribution in [0.5, 0.6) is 17.2 Å². The van der Waals surface area contributed by atoms with Crippen LogP contribution in [0.2, 0.25) is 0 Å². The maximum absolute atomic E-state index is 12.3. The van der Waals surface area contributed by atoms with Crippen LogP contribution in [0.3, 0.4) is 0 Å². The number of aryl methyl sites for hydroxylation is 1. The molecule has 10 heteroatoms. The lowest BCUT2D eigenvalue weighted by Gasteiger charge is -2.19. The fraction of sp³-hybridized carbons (Fsp3) is 0.281. The highest BCUT2D eigenvalue weighted by Gasteiger charge is 2.13. The molecule has 9 nitrogen and oxygen atoms in total. The lowest BCUT2D eigenvalue weighted by molar-refractivity contribution is 0.378. The van der Waals surface area contributed by atoms with Gasteiger partial charge in [-0.15, -0.1) is 0 Å². The summed E-state index contributed by atoms with van der Waals surface area (Å²) in [7, 11) is 0.944. The Kier molecular flexibility index (Phi) is 10.6. The largest absolute Gasteiger partial charge is 0.497 e. The zero-order chi connectivity index (χ0) is 30.0. The first-order chi connectivity index (χ1) is 20.2. The second-order valence-corrected chi connectivity index (χ2v) is 13.8. The average molecular weight is 590 g/mol. The molecule has 3 aromatic carbocycles. The Bertz CT molecular complexity index is 1510. The topological polar surface area (TPSA) is 120 Å². The average Bonchev–Trinajstić information content (AvgIpc) is 2.99. The number of hydrogen-bond acceptors (Lipinski definition) is 9. The quantitative estimate of drug-likeness (QED) is 0.0657. The summed E-state index contributed by atoms with van der Waals surface area (Å²) in [6.07, 6.45) is 5.43. The van der Waals surface area contributed by atoms with Crippen molar-refractivity contribution in [2.45, 2.75) is 19.4 Å². The van der Waals surface area contributed by atoms with Crippen LogP contribution in [-0.4, -0.2) is 45.4 Å². The van der Waals surface area contributed by atoms with E-state index in [0.717, 1.165) is 64.8 Å². The Hall–Kier alpha value is -4.36. The molecule has 0 atom stereocenters. The third kappa shape index (κ3) is 9.08. The van der Waals surface area contributed by atoms with E-state index in [0.29, 0.717) is 18.0 Å². The van der Waals surface area contributed by atoms with Crippen LogP contribution < -0.4 is 35.9 Å². The summed E-state index contributed by atoms with van der Waals surface area (Å²) in [5.74, 6) is 2.14. The number of benzene rings is 3. The van der Waals surface area contributed by atoms with Crippen LogP contribution in [0.4, 0.5) is 28.4 Å². The van der Waals surface area contributed by atoms with Crippen LogP contribution in [0.25, 0.3) is 0 Å². The second-order valence-electron chi connectivity index (χ2n) is 10.4. The van der Waals surface area contributed by atoms with Crippen LogP contribution in [0, 0.1) is 0 Å². The Balaban J connectivity index is 1.54. The minimum atomic E-state index is -2.34. The first-order valence-electron chi connectivity index (χ1n) is 13.8. The monoisotopic (exact) mass is 589 g/mol. The minimum Gasteiger partial charge on any atom is -0.497 e. The molecule has 4 rings (SSSR count). The standard InChI is InChI=1S/C32H40N5O4P/c1-39-25-11-13-28(33)31(17-25)35-16-6-8-24-9-10-27(41-22-42(3,4)38)19-30(24)37-32-18-26(40-2)12-14-29(32)36-21-23-7-5-15-34-20-23/h5,7,9-15,17-20,35-37H,6,8,16,21-22,33H2,1-4H3. The fourth-order valence-electron chi connectivity index (χ4n) is 4.28. The molecule has 5 N–H and O–H groups in total. The molecule has 0 fully saturated rings. The number of rotatable bonds is 15. The summed E-state index contributed by atoms with van der Waals surface area (Å²) < 4.78 is 29.1. The number of pyridine rings is 1. The van der Waals surface area contributed by atoms with Crippen molar-refractivity contribution in [2.24, 2.45) is 0 Å². The van der Waals surface area contributed by atoms with E-state index in [1.54, 1.807) is 33.7 Å². The predicted octanol–water partition coefficient (Wildman–Crippen LogP) is 7.04. The molecule has 0 bridgehead atoms. The van der Waals surface area contributed by atoms with Crippen molar-refractivity contribution in [3.8, 4) is 17.2 Å². The molecule has 0 amide bonds. The summed E-state index contributed by atoms with van der Waals surface area (Å²) in [6.45, 7) is 4.78. The number of nitrogens with zero attached hydrogens (tertiary/aromatic N) is 1. The molecule has 1 aromatic heterocycles. The SMILES string of the molecule is COc1ccc(N)c(NCCCc2ccc(OCP(C)(C)=O)cc2Nc2cc(OC)ccc2NCc2cccnc2)c1. The van der Waals surface area contributed by atoms with Gasteiger partial charge in [0.15, 0.2) is 0 Å². The number of aromatic nitrogens is 1. The Morgan fingerprint density at radius 3 is 2.26 bits per heavy atom. The van der Waals surface area contributed by atoms with Crippen molar-refractivity contribution < 1.29 is 18.8 Å². The van der Waals surface area contributed by atoms with Gasteiger partial charge in [-0.05, 0) is 73.7 Å². The van der Waals surface area contributed by atoms with Gasteiger partial charge in [0, 0.05) is 49.4 Å². The molecule has 0 spiro atoms. The van der Waals surface area contributed by atoms with Gasteiger partial charge in [-0.1, -0.05) is 12.1 Å². The number of ether oxygens (including phenoxy) is 3. The second kappa shape index (κ2) is 14.5. The summed E-state index contributed by atoms with van der Waals surface area (Å²) in [5, 5.41) is 10.5. The lowest BCUT2D eigenvalue weighted by atomic mass is 10.1. The van der Waals surface area contributed by atoms with Crippen LogP contribution in [-0.2, 0) is 17.5 Å². The maximum Gasteiger partial charge on any atom is 0.140 e. The molecular formula is C32H40N5O4P. The highest BCUT2D eigenvalue weighted by atomic mass is 31.2. The molecule has 0 saturated carbocycles. The van der Waals surface area contributed by atoms with Gasteiger partial charge in [0.25, 0.3) is 0 Å². The zero-order valence-electron chi connectivity index (χ0n) is 24.6. The number of nitrogens with one attached hydrogen (secondary N) is 3. The molecule has 0 aliphatic carbocycles. The number of methoxy groups -OCH3 is 2. The van der Waals surface area contributed by atoms with Gasteiger partial charge < -0.3 is 40.5 Å². The van der Waals surface area contributed by atoms with Gasteiger partial charge >= 0.3 is 0 Å². The van der Waals surface area contributed by atoms with Crippen LogP contribution >= 0.6 is 7.14 Å². The van der Waals surface area contributed by atoms with Crippen molar-refractivity contribution >= 4 is 35.6 Å². The van der Waals surface area contributed by atoms with Crippen molar-refractivity contribution in [1.82, 2.24) is 4.98 Å². The fourth-order valence-corrected chi connectivity index (χ4v) is 4.74. The van der Waals surface area contributed by atoms with Gasteiger partial charge in [-0.2, -0.15) is 0 Å².